The van der Waals surface area contributed by atoms with Crippen LogP contribution in [0.3, 0.4) is 0 Å². The van der Waals surface area contributed by atoms with Crippen molar-refractivity contribution in [2.24, 2.45) is 0 Å². The molecule has 6 aromatic rings. The summed E-state index contributed by atoms with van der Waals surface area (Å²) in [7, 11) is 0. The van der Waals surface area contributed by atoms with Gasteiger partial charge >= 0.3 is 5.97 Å². The lowest BCUT2D eigenvalue weighted by Gasteiger charge is -2.12. The molecule has 1 heterocycles. The highest BCUT2D eigenvalue weighted by atomic mass is 32.1. The van der Waals surface area contributed by atoms with Crippen molar-refractivity contribution < 1.29 is 13.7 Å². The molecule has 0 saturated heterocycles. The molecule has 0 radical (unpaired) electrons. The number of fused-ring (bicyclic) bond motifs is 7. The number of nitrogens with zero attached hydrogens (tertiary/aromatic N) is 1. The number of rotatable bonds is 4. The van der Waals surface area contributed by atoms with Gasteiger partial charge in [-0.3, -0.25) is 0 Å². The SMILES string of the molecule is C=CC(=O)Oc1cc(OS)cc(-n2c3ccc4ccccc4c3c3c4ccccc4ccc32)c1. The molecule has 0 unspecified atom stereocenters. The lowest BCUT2D eigenvalue weighted by atomic mass is 10.00. The van der Waals surface area contributed by atoms with Crippen molar-refractivity contribution in [2.75, 3.05) is 0 Å². The van der Waals surface area contributed by atoms with Crippen LogP contribution in [0.15, 0.2) is 104 Å². The number of ether oxygens (including phenoxy) is 1. The molecular weight excluding hydrogens is 442 g/mol. The number of carbonyl (C=O) groups excluding carboxylic acids is 1. The molecule has 0 fully saturated rings. The molecule has 0 saturated carbocycles. The number of esters is 1. The van der Waals surface area contributed by atoms with Gasteiger partial charge in [0.15, 0.2) is 0 Å². The molecule has 0 spiro atoms. The van der Waals surface area contributed by atoms with E-state index in [-0.39, 0.29) is 0 Å². The van der Waals surface area contributed by atoms with Crippen molar-refractivity contribution in [3.63, 3.8) is 0 Å². The third kappa shape index (κ3) is 3.13. The standard InChI is InChI=1S/C29H19NO3S/c1-2-27(31)32-21-15-20(16-22(17-21)33-34)30-25-13-11-18-7-3-5-9-23(18)28(25)29-24-10-6-4-8-19(24)12-14-26(29)30/h2-17,34H,1H2. The van der Waals surface area contributed by atoms with Gasteiger partial charge in [-0.2, -0.15) is 0 Å². The molecule has 0 bridgehead atoms. The largest absolute Gasteiger partial charge is 0.429 e. The van der Waals surface area contributed by atoms with E-state index in [0.717, 1.165) is 22.8 Å². The van der Waals surface area contributed by atoms with Crippen molar-refractivity contribution >= 4 is 62.2 Å². The average molecular weight is 462 g/mol. The van der Waals surface area contributed by atoms with Gasteiger partial charge in [0.1, 0.15) is 11.5 Å². The monoisotopic (exact) mass is 461 g/mol. The highest BCUT2D eigenvalue weighted by Gasteiger charge is 2.18. The van der Waals surface area contributed by atoms with Gasteiger partial charge in [-0.15, -0.1) is 0 Å². The fourth-order valence-electron chi connectivity index (χ4n) is 4.78. The van der Waals surface area contributed by atoms with Crippen molar-refractivity contribution in [3.8, 4) is 17.2 Å². The van der Waals surface area contributed by atoms with Crippen molar-refractivity contribution in [2.45, 2.75) is 0 Å². The van der Waals surface area contributed by atoms with Gasteiger partial charge < -0.3 is 13.5 Å². The zero-order valence-corrected chi connectivity index (χ0v) is 19.0. The van der Waals surface area contributed by atoms with E-state index < -0.39 is 5.97 Å². The van der Waals surface area contributed by atoms with Gasteiger partial charge in [-0.05, 0) is 33.7 Å². The Morgan fingerprint density at radius 1 is 0.765 bits per heavy atom. The second kappa shape index (κ2) is 7.97. The molecule has 5 aromatic carbocycles. The van der Waals surface area contributed by atoms with Crippen LogP contribution in [-0.4, -0.2) is 10.5 Å². The van der Waals surface area contributed by atoms with Crippen LogP contribution in [0.2, 0.25) is 0 Å². The lowest BCUT2D eigenvalue weighted by Crippen LogP contribution is -2.04. The van der Waals surface area contributed by atoms with Gasteiger partial charge in [-0.1, -0.05) is 67.2 Å². The Balaban J connectivity index is 1.78. The lowest BCUT2D eigenvalue weighted by molar-refractivity contribution is -0.128. The van der Waals surface area contributed by atoms with Crippen LogP contribution in [0.4, 0.5) is 0 Å². The summed E-state index contributed by atoms with van der Waals surface area (Å²) in [5.74, 6) is 0.272. The summed E-state index contributed by atoms with van der Waals surface area (Å²) in [6.07, 6.45) is 1.13. The van der Waals surface area contributed by atoms with Gasteiger partial charge in [0.25, 0.3) is 0 Å². The van der Waals surface area contributed by atoms with Crippen LogP contribution < -0.4 is 8.92 Å². The van der Waals surface area contributed by atoms with Crippen LogP contribution in [0.25, 0.3) is 49.0 Å². The van der Waals surface area contributed by atoms with E-state index in [1.54, 1.807) is 6.07 Å². The maximum absolute atomic E-state index is 11.9. The highest BCUT2D eigenvalue weighted by Crippen LogP contribution is 2.41. The molecular formula is C29H19NO3S. The highest BCUT2D eigenvalue weighted by molar-refractivity contribution is 7.75. The van der Waals surface area contributed by atoms with Gasteiger partial charge in [-0.25, -0.2) is 4.79 Å². The fourth-order valence-corrected chi connectivity index (χ4v) is 4.89. The minimum absolute atomic E-state index is 0.350. The molecule has 34 heavy (non-hydrogen) atoms. The maximum atomic E-state index is 11.9. The molecule has 0 atom stereocenters. The zero-order valence-electron chi connectivity index (χ0n) is 18.1. The van der Waals surface area contributed by atoms with Crippen molar-refractivity contribution in [1.29, 1.82) is 0 Å². The smallest absolute Gasteiger partial charge is 0.335 e. The molecule has 4 nitrogen and oxygen atoms in total. The Kier molecular flexibility index (Phi) is 4.78. The van der Waals surface area contributed by atoms with E-state index in [0.29, 0.717) is 11.5 Å². The van der Waals surface area contributed by atoms with Crippen LogP contribution in [0, 0.1) is 0 Å². The van der Waals surface area contributed by atoms with Gasteiger partial charge in [0, 0.05) is 48.0 Å². The number of benzene rings is 5. The summed E-state index contributed by atoms with van der Waals surface area (Å²) in [5.41, 5.74) is 2.88. The number of hydrogen-bond acceptors (Lipinski definition) is 4. The summed E-state index contributed by atoms with van der Waals surface area (Å²) in [6.45, 7) is 3.49. The Bertz CT molecular complexity index is 1670. The van der Waals surface area contributed by atoms with Gasteiger partial charge in [0.05, 0.1) is 16.7 Å². The Labute approximate surface area is 201 Å². The molecule has 0 N–H and O–H groups in total. The zero-order chi connectivity index (χ0) is 23.2. The minimum Gasteiger partial charge on any atom is -0.429 e. The van der Waals surface area contributed by atoms with E-state index in [1.807, 2.05) is 12.1 Å². The Morgan fingerprint density at radius 2 is 1.32 bits per heavy atom. The Morgan fingerprint density at radius 3 is 1.88 bits per heavy atom. The fraction of sp³-hybridized carbons (Fsp3) is 0. The summed E-state index contributed by atoms with van der Waals surface area (Å²) >= 11 is 3.99. The first-order chi connectivity index (χ1) is 16.7. The van der Waals surface area contributed by atoms with Crippen LogP contribution in [0.1, 0.15) is 0 Å². The summed E-state index contributed by atoms with van der Waals surface area (Å²) in [4.78, 5) is 11.9. The summed E-state index contributed by atoms with van der Waals surface area (Å²) < 4.78 is 12.8. The first-order valence-electron chi connectivity index (χ1n) is 10.8. The van der Waals surface area contributed by atoms with E-state index in [1.165, 1.54) is 32.3 Å². The first kappa shape index (κ1) is 20.4. The molecule has 6 rings (SSSR count). The van der Waals surface area contributed by atoms with E-state index in [4.69, 9.17) is 8.92 Å². The predicted octanol–water partition coefficient (Wildman–Crippen LogP) is 7.41. The molecule has 0 amide bonds. The first-order valence-corrected chi connectivity index (χ1v) is 11.2. The summed E-state index contributed by atoms with van der Waals surface area (Å²) in [6, 6.07) is 30.7. The molecule has 5 heteroatoms. The van der Waals surface area contributed by atoms with E-state index in [2.05, 4.69) is 96.9 Å². The van der Waals surface area contributed by atoms with Crippen LogP contribution in [0.5, 0.6) is 11.5 Å². The number of hydrogen-bond donors (Lipinski definition) is 1. The molecule has 0 aliphatic rings. The van der Waals surface area contributed by atoms with E-state index in [9.17, 15) is 4.79 Å². The number of thiol groups is 1. The quantitative estimate of drug-likeness (QED) is 0.0977. The topological polar surface area (TPSA) is 40.5 Å². The van der Waals surface area contributed by atoms with Crippen LogP contribution >= 0.6 is 12.9 Å². The third-order valence-electron chi connectivity index (χ3n) is 6.16. The van der Waals surface area contributed by atoms with Gasteiger partial charge in [0.2, 0.25) is 0 Å². The average Bonchev–Trinajstić information content (AvgIpc) is 3.23. The predicted molar refractivity (Wildman–Crippen MR) is 141 cm³/mol. The molecule has 0 aliphatic carbocycles. The molecule has 0 aliphatic heterocycles. The van der Waals surface area contributed by atoms with E-state index >= 15 is 0 Å². The number of aromatic nitrogens is 1. The normalized spacial score (nSPS) is 11.3. The molecule has 164 valence electrons. The summed E-state index contributed by atoms with van der Waals surface area (Å²) in [5, 5.41) is 7.06. The molecule has 1 aromatic heterocycles. The van der Waals surface area contributed by atoms with Crippen molar-refractivity contribution in [1.82, 2.24) is 4.57 Å². The van der Waals surface area contributed by atoms with Crippen molar-refractivity contribution in [3.05, 3.63) is 104 Å². The third-order valence-corrected chi connectivity index (χ3v) is 6.37. The van der Waals surface area contributed by atoms with Crippen LogP contribution in [-0.2, 0) is 4.79 Å². The number of carbonyl (C=O) groups is 1. The second-order valence-corrected chi connectivity index (χ2v) is 8.26. The Hall–Kier alpha value is -4.22. The second-order valence-electron chi connectivity index (χ2n) is 8.08. The maximum Gasteiger partial charge on any atom is 0.335 e. The minimum atomic E-state index is -0.540.